The zero-order chi connectivity index (χ0) is 19.2. The molecule has 0 fully saturated rings. The van der Waals surface area contributed by atoms with Gasteiger partial charge in [-0.2, -0.15) is 9.78 Å². The molecule has 1 amide bonds. The summed E-state index contributed by atoms with van der Waals surface area (Å²) in [6, 6.07) is 21.9. The molecule has 1 aromatic heterocycles. The fourth-order valence-electron chi connectivity index (χ4n) is 2.85. The van der Waals surface area contributed by atoms with Crippen LogP contribution in [0.15, 0.2) is 77.6 Å². The number of nitrogens with zero attached hydrogens (tertiary/aromatic N) is 3. The molecule has 0 N–H and O–H groups in total. The van der Waals surface area contributed by atoms with Crippen LogP contribution in [0, 0.1) is 0 Å². The molecule has 3 aromatic rings. The highest BCUT2D eigenvalue weighted by atomic mass is 16.2. The van der Waals surface area contributed by atoms with E-state index in [0.29, 0.717) is 12.2 Å². The first kappa shape index (κ1) is 18.6. The van der Waals surface area contributed by atoms with Gasteiger partial charge in [-0.15, -0.1) is 0 Å². The number of hydrogen-bond donors (Lipinski definition) is 0. The van der Waals surface area contributed by atoms with E-state index < -0.39 is 0 Å². The molecule has 2 aromatic carbocycles. The fourth-order valence-corrected chi connectivity index (χ4v) is 2.85. The van der Waals surface area contributed by atoms with E-state index >= 15 is 0 Å². The average Bonchev–Trinajstić information content (AvgIpc) is 2.72. The van der Waals surface area contributed by atoms with E-state index in [1.54, 1.807) is 17.0 Å². The number of amides is 1. The molecule has 1 unspecified atom stereocenters. The largest absolute Gasteiger partial charge is 0.330 e. The second-order valence-corrected chi connectivity index (χ2v) is 6.48. The number of hydrogen-bond acceptors (Lipinski definition) is 3. The van der Waals surface area contributed by atoms with Gasteiger partial charge in [-0.05, 0) is 37.1 Å². The maximum Gasteiger partial charge on any atom is 0.274 e. The minimum Gasteiger partial charge on any atom is -0.330 e. The first-order valence-electron chi connectivity index (χ1n) is 9.11. The monoisotopic (exact) mass is 361 g/mol. The van der Waals surface area contributed by atoms with Crippen LogP contribution in [0.25, 0.3) is 5.69 Å². The van der Waals surface area contributed by atoms with E-state index in [0.717, 1.165) is 12.0 Å². The van der Waals surface area contributed by atoms with E-state index in [9.17, 15) is 9.59 Å². The molecule has 0 saturated carbocycles. The summed E-state index contributed by atoms with van der Waals surface area (Å²) >= 11 is 0. The number of rotatable bonds is 6. The lowest BCUT2D eigenvalue weighted by Crippen LogP contribution is -2.39. The van der Waals surface area contributed by atoms with Crippen LogP contribution >= 0.6 is 0 Å². The summed E-state index contributed by atoms with van der Waals surface area (Å²) in [7, 11) is 0. The van der Waals surface area contributed by atoms with Gasteiger partial charge in [-0.1, -0.05) is 55.5 Å². The maximum atomic E-state index is 13.2. The maximum absolute atomic E-state index is 13.2. The van der Waals surface area contributed by atoms with Crippen molar-refractivity contribution < 1.29 is 4.79 Å². The van der Waals surface area contributed by atoms with Crippen LogP contribution in [-0.2, 0) is 6.54 Å². The van der Waals surface area contributed by atoms with Crippen LogP contribution in [-0.4, -0.2) is 26.6 Å². The van der Waals surface area contributed by atoms with Crippen LogP contribution < -0.4 is 5.56 Å². The third-order valence-electron chi connectivity index (χ3n) is 4.60. The molecule has 3 rings (SSSR count). The normalized spacial score (nSPS) is 11.8. The third kappa shape index (κ3) is 4.31. The molecule has 0 bridgehead atoms. The molecule has 1 atom stereocenters. The Hall–Kier alpha value is -3.21. The summed E-state index contributed by atoms with van der Waals surface area (Å²) in [5, 5.41) is 4.33. The van der Waals surface area contributed by atoms with Crippen molar-refractivity contribution in [2.75, 3.05) is 0 Å². The summed E-state index contributed by atoms with van der Waals surface area (Å²) < 4.78 is 1.27. The van der Waals surface area contributed by atoms with Crippen LogP contribution in [0.1, 0.15) is 36.3 Å². The molecule has 138 valence electrons. The molecular formula is C22H23N3O2. The van der Waals surface area contributed by atoms with Gasteiger partial charge >= 0.3 is 0 Å². The van der Waals surface area contributed by atoms with Crippen molar-refractivity contribution in [3.8, 4) is 5.69 Å². The van der Waals surface area contributed by atoms with Gasteiger partial charge in [0.05, 0.1) is 5.69 Å². The molecule has 0 aliphatic carbocycles. The minimum atomic E-state index is -0.268. The molecular weight excluding hydrogens is 338 g/mol. The van der Waals surface area contributed by atoms with Gasteiger partial charge in [0, 0.05) is 18.7 Å². The van der Waals surface area contributed by atoms with Gasteiger partial charge in [0.15, 0.2) is 0 Å². The molecule has 1 heterocycles. The van der Waals surface area contributed by atoms with E-state index in [2.05, 4.69) is 5.10 Å². The summed E-state index contributed by atoms with van der Waals surface area (Å²) in [4.78, 5) is 27.2. The highest BCUT2D eigenvalue weighted by Gasteiger charge is 2.22. The first-order chi connectivity index (χ1) is 13.1. The molecule has 0 aliphatic rings. The van der Waals surface area contributed by atoms with Crippen molar-refractivity contribution in [1.29, 1.82) is 0 Å². The smallest absolute Gasteiger partial charge is 0.274 e. The second kappa shape index (κ2) is 8.45. The summed E-state index contributed by atoms with van der Waals surface area (Å²) in [6.07, 6.45) is 0.830. The number of benzene rings is 2. The second-order valence-electron chi connectivity index (χ2n) is 6.48. The van der Waals surface area contributed by atoms with E-state index in [4.69, 9.17) is 0 Å². The van der Waals surface area contributed by atoms with Crippen LogP contribution in [0.4, 0.5) is 0 Å². The van der Waals surface area contributed by atoms with Gasteiger partial charge in [0.25, 0.3) is 11.5 Å². The number of carbonyl (C=O) groups excluding carboxylic acids is 1. The predicted octanol–water partition coefficient (Wildman–Crippen LogP) is 3.67. The van der Waals surface area contributed by atoms with Gasteiger partial charge in [0.1, 0.15) is 5.69 Å². The quantitative estimate of drug-likeness (QED) is 0.673. The van der Waals surface area contributed by atoms with Gasteiger partial charge in [0.2, 0.25) is 0 Å². The van der Waals surface area contributed by atoms with Crippen LogP contribution in [0.5, 0.6) is 0 Å². The zero-order valence-corrected chi connectivity index (χ0v) is 15.6. The molecule has 0 radical (unpaired) electrons. The highest BCUT2D eigenvalue weighted by Crippen LogP contribution is 2.14. The predicted molar refractivity (Wildman–Crippen MR) is 106 cm³/mol. The lowest BCUT2D eigenvalue weighted by molar-refractivity contribution is 0.0663. The van der Waals surface area contributed by atoms with Gasteiger partial charge in [-0.3, -0.25) is 9.59 Å². The lowest BCUT2D eigenvalue weighted by Gasteiger charge is -2.28. The van der Waals surface area contributed by atoms with Crippen molar-refractivity contribution in [2.45, 2.75) is 32.9 Å². The Morgan fingerprint density at radius 2 is 1.63 bits per heavy atom. The Balaban J connectivity index is 1.95. The fraction of sp³-hybridized carbons (Fsp3) is 0.227. The Labute approximate surface area is 158 Å². The van der Waals surface area contributed by atoms with Crippen LogP contribution in [0.3, 0.4) is 0 Å². The Morgan fingerprint density at radius 1 is 1.00 bits per heavy atom. The molecule has 5 heteroatoms. The van der Waals surface area contributed by atoms with Crippen molar-refractivity contribution in [3.05, 3.63) is 94.4 Å². The van der Waals surface area contributed by atoms with E-state index in [1.165, 1.54) is 16.8 Å². The van der Waals surface area contributed by atoms with Crippen molar-refractivity contribution in [2.24, 2.45) is 0 Å². The van der Waals surface area contributed by atoms with Crippen LogP contribution in [0.2, 0.25) is 0 Å². The topological polar surface area (TPSA) is 55.2 Å². The number of carbonyl (C=O) groups is 1. The molecule has 27 heavy (non-hydrogen) atoms. The van der Waals surface area contributed by atoms with Crippen molar-refractivity contribution in [3.63, 3.8) is 0 Å². The lowest BCUT2D eigenvalue weighted by atomic mass is 10.1. The first-order valence-corrected chi connectivity index (χ1v) is 9.11. The van der Waals surface area contributed by atoms with E-state index in [1.807, 2.05) is 62.4 Å². The Kier molecular flexibility index (Phi) is 5.81. The highest BCUT2D eigenvalue weighted by molar-refractivity contribution is 5.92. The summed E-state index contributed by atoms with van der Waals surface area (Å²) in [6.45, 7) is 4.57. The number of aromatic nitrogens is 2. The molecule has 0 saturated heterocycles. The summed E-state index contributed by atoms with van der Waals surface area (Å²) in [5.74, 6) is -0.183. The summed E-state index contributed by atoms with van der Waals surface area (Å²) in [5.41, 5.74) is 1.68. The third-order valence-corrected chi connectivity index (χ3v) is 4.60. The standard InChI is InChI=1S/C22H23N3O2/c1-3-17(2)24(16-18-10-6-4-7-11-18)22(27)20-14-15-21(26)25(23-20)19-12-8-5-9-13-19/h4-15,17H,3,16H2,1-2H3. The van der Waals surface area contributed by atoms with E-state index in [-0.39, 0.29) is 23.2 Å². The van der Waals surface area contributed by atoms with Crippen molar-refractivity contribution in [1.82, 2.24) is 14.7 Å². The Bertz CT molecular complexity index is 952. The minimum absolute atomic E-state index is 0.0524. The Morgan fingerprint density at radius 3 is 2.26 bits per heavy atom. The average molecular weight is 361 g/mol. The zero-order valence-electron chi connectivity index (χ0n) is 15.6. The molecule has 0 spiro atoms. The van der Waals surface area contributed by atoms with Crippen molar-refractivity contribution >= 4 is 5.91 Å². The molecule has 0 aliphatic heterocycles. The van der Waals surface area contributed by atoms with Gasteiger partial charge in [-0.25, -0.2) is 0 Å². The SMILES string of the molecule is CCC(C)N(Cc1ccccc1)C(=O)c1ccc(=O)n(-c2ccccc2)n1. The molecule has 5 nitrogen and oxygen atoms in total. The van der Waals surface area contributed by atoms with Gasteiger partial charge < -0.3 is 4.90 Å². The number of para-hydroxylation sites is 1.